The van der Waals surface area contributed by atoms with Crippen molar-refractivity contribution in [2.24, 2.45) is 5.92 Å². The molecule has 0 aromatic carbocycles. The van der Waals surface area contributed by atoms with E-state index in [4.69, 9.17) is 9.84 Å². The number of carbonyl (C=O) groups is 2. The molecule has 0 bridgehead atoms. The number of rotatable bonds is 5. The molecule has 1 fully saturated rings. The Morgan fingerprint density at radius 1 is 1.53 bits per heavy atom. The quantitative estimate of drug-likeness (QED) is 0.650. The molecule has 2 atom stereocenters. The number of hydrogen-bond donors (Lipinski definition) is 2. The standard InChI is InChI=1S/C10H17NO4/c1-2-8-7(3-4-15-8)6-11-9(12)5-10(13)14/h7-8H,2-6H2,1H3,(H,11,12)(H,13,14). The molecule has 86 valence electrons. The molecule has 0 aliphatic carbocycles. The van der Waals surface area contributed by atoms with Crippen LogP contribution < -0.4 is 5.32 Å². The summed E-state index contributed by atoms with van der Waals surface area (Å²) in [7, 11) is 0. The highest BCUT2D eigenvalue weighted by Gasteiger charge is 2.26. The number of aliphatic carboxylic acids is 1. The molecule has 0 spiro atoms. The maximum atomic E-state index is 11.1. The second-order valence-corrected chi connectivity index (χ2v) is 3.74. The van der Waals surface area contributed by atoms with Gasteiger partial charge in [-0.15, -0.1) is 0 Å². The fourth-order valence-electron chi connectivity index (χ4n) is 1.82. The molecule has 0 aromatic rings. The van der Waals surface area contributed by atoms with E-state index in [1.165, 1.54) is 0 Å². The van der Waals surface area contributed by atoms with Gasteiger partial charge >= 0.3 is 5.97 Å². The van der Waals surface area contributed by atoms with Crippen LogP contribution in [0.2, 0.25) is 0 Å². The summed E-state index contributed by atoms with van der Waals surface area (Å²) in [5.41, 5.74) is 0. The largest absolute Gasteiger partial charge is 0.481 e. The lowest BCUT2D eigenvalue weighted by atomic mass is 10.00. The zero-order valence-corrected chi connectivity index (χ0v) is 8.86. The molecule has 1 saturated heterocycles. The number of carboxylic acids is 1. The predicted molar refractivity (Wildman–Crippen MR) is 53.4 cm³/mol. The highest BCUT2D eigenvalue weighted by Crippen LogP contribution is 2.22. The van der Waals surface area contributed by atoms with Gasteiger partial charge in [-0.1, -0.05) is 6.92 Å². The van der Waals surface area contributed by atoms with Crippen molar-refractivity contribution in [3.05, 3.63) is 0 Å². The molecule has 1 aliphatic rings. The molecule has 1 amide bonds. The van der Waals surface area contributed by atoms with E-state index in [0.29, 0.717) is 12.5 Å². The van der Waals surface area contributed by atoms with Crippen LogP contribution >= 0.6 is 0 Å². The third kappa shape index (κ3) is 3.87. The van der Waals surface area contributed by atoms with Gasteiger partial charge in [0.05, 0.1) is 6.10 Å². The molecular formula is C10H17NO4. The van der Waals surface area contributed by atoms with Gasteiger partial charge in [0, 0.05) is 19.1 Å². The van der Waals surface area contributed by atoms with Crippen molar-refractivity contribution in [1.82, 2.24) is 5.32 Å². The van der Waals surface area contributed by atoms with Crippen molar-refractivity contribution in [1.29, 1.82) is 0 Å². The van der Waals surface area contributed by atoms with Crippen LogP contribution in [0.3, 0.4) is 0 Å². The lowest BCUT2D eigenvalue weighted by Gasteiger charge is -2.16. The van der Waals surface area contributed by atoms with Crippen LogP contribution in [-0.2, 0) is 14.3 Å². The zero-order chi connectivity index (χ0) is 11.3. The van der Waals surface area contributed by atoms with Gasteiger partial charge in [-0.3, -0.25) is 9.59 Å². The number of carbonyl (C=O) groups excluding carboxylic acids is 1. The molecule has 5 heteroatoms. The summed E-state index contributed by atoms with van der Waals surface area (Å²) in [4.78, 5) is 21.3. The van der Waals surface area contributed by atoms with Gasteiger partial charge in [0.25, 0.3) is 0 Å². The average Bonchev–Trinajstić information content (AvgIpc) is 2.60. The smallest absolute Gasteiger partial charge is 0.312 e. The van der Waals surface area contributed by atoms with Crippen molar-refractivity contribution in [2.45, 2.75) is 32.3 Å². The van der Waals surface area contributed by atoms with Gasteiger partial charge in [-0.2, -0.15) is 0 Å². The normalized spacial score (nSPS) is 25.1. The molecule has 5 nitrogen and oxygen atoms in total. The van der Waals surface area contributed by atoms with Gasteiger partial charge in [-0.05, 0) is 12.8 Å². The van der Waals surface area contributed by atoms with Gasteiger partial charge in [-0.25, -0.2) is 0 Å². The first kappa shape index (κ1) is 12.0. The van der Waals surface area contributed by atoms with Crippen molar-refractivity contribution in [3.63, 3.8) is 0 Å². The minimum Gasteiger partial charge on any atom is -0.481 e. The molecule has 1 heterocycles. The highest BCUT2D eigenvalue weighted by atomic mass is 16.5. The molecule has 2 unspecified atom stereocenters. The van der Waals surface area contributed by atoms with E-state index < -0.39 is 18.3 Å². The van der Waals surface area contributed by atoms with Crippen LogP contribution in [0.15, 0.2) is 0 Å². The van der Waals surface area contributed by atoms with Crippen molar-refractivity contribution in [3.8, 4) is 0 Å². The first-order valence-corrected chi connectivity index (χ1v) is 5.23. The summed E-state index contributed by atoms with van der Waals surface area (Å²) in [6.45, 7) is 3.30. The summed E-state index contributed by atoms with van der Waals surface area (Å²) in [5, 5.41) is 11.0. The van der Waals surface area contributed by atoms with Crippen molar-refractivity contribution >= 4 is 11.9 Å². The van der Waals surface area contributed by atoms with E-state index in [2.05, 4.69) is 5.32 Å². The average molecular weight is 215 g/mol. The number of hydrogen-bond acceptors (Lipinski definition) is 3. The monoisotopic (exact) mass is 215 g/mol. The highest BCUT2D eigenvalue weighted by molar-refractivity contribution is 5.93. The molecule has 2 N–H and O–H groups in total. The van der Waals surface area contributed by atoms with Gasteiger partial charge in [0.2, 0.25) is 5.91 Å². The van der Waals surface area contributed by atoms with Crippen LogP contribution in [0.1, 0.15) is 26.2 Å². The van der Waals surface area contributed by atoms with Gasteiger partial charge in [0.15, 0.2) is 0 Å². The Kier molecular flexibility index (Phi) is 4.55. The lowest BCUT2D eigenvalue weighted by molar-refractivity contribution is -0.140. The van der Waals surface area contributed by atoms with E-state index in [1.54, 1.807) is 0 Å². The van der Waals surface area contributed by atoms with Crippen molar-refractivity contribution < 1.29 is 19.4 Å². The molecular weight excluding hydrogens is 198 g/mol. The first-order valence-electron chi connectivity index (χ1n) is 5.23. The van der Waals surface area contributed by atoms with E-state index in [9.17, 15) is 9.59 Å². The predicted octanol–water partition coefficient (Wildman–Crippen LogP) is 0.392. The minimum absolute atomic E-state index is 0.204. The Morgan fingerprint density at radius 2 is 2.27 bits per heavy atom. The Hall–Kier alpha value is -1.10. The third-order valence-electron chi connectivity index (χ3n) is 2.62. The van der Waals surface area contributed by atoms with Gasteiger partial charge < -0.3 is 15.2 Å². The van der Waals surface area contributed by atoms with E-state index >= 15 is 0 Å². The second kappa shape index (κ2) is 5.70. The fraction of sp³-hybridized carbons (Fsp3) is 0.800. The molecule has 1 rings (SSSR count). The minimum atomic E-state index is -1.10. The Morgan fingerprint density at radius 3 is 2.87 bits per heavy atom. The maximum Gasteiger partial charge on any atom is 0.312 e. The number of nitrogens with one attached hydrogen (secondary N) is 1. The zero-order valence-electron chi connectivity index (χ0n) is 8.86. The van der Waals surface area contributed by atoms with Gasteiger partial charge in [0.1, 0.15) is 6.42 Å². The Labute approximate surface area is 88.8 Å². The maximum absolute atomic E-state index is 11.1. The summed E-state index contributed by atoms with van der Waals surface area (Å²) in [5.74, 6) is -1.20. The Bertz CT molecular complexity index is 242. The van der Waals surface area contributed by atoms with Crippen LogP contribution in [0.5, 0.6) is 0 Å². The SMILES string of the molecule is CCC1OCCC1CNC(=O)CC(=O)O. The first-order chi connectivity index (χ1) is 7.13. The lowest BCUT2D eigenvalue weighted by Crippen LogP contribution is -2.33. The van der Waals surface area contributed by atoms with E-state index in [-0.39, 0.29) is 6.10 Å². The Balaban J connectivity index is 2.24. The third-order valence-corrected chi connectivity index (χ3v) is 2.62. The van der Waals surface area contributed by atoms with Crippen molar-refractivity contribution in [2.75, 3.05) is 13.2 Å². The van der Waals surface area contributed by atoms with Crippen LogP contribution in [-0.4, -0.2) is 36.2 Å². The number of ether oxygens (including phenoxy) is 1. The molecule has 0 saturated carbocycles. The topological polar surface area (TPSA) is 75.6 Å². The number of carboxylic acid groups (broad SMARTS) is 1. The molecule has 1 aliphatic heterocycles. The molecule has 15 heavy (non-hydrogen) atoms. The van der Waals surface area contributed by atoms with Crippen LogP contribution in [0.25, 0.3) is 0 Å². The summed E-state index contributed by atoms with van der Waals surface area (Å²) in [6.07, 6.45) is 1.62. The molecule has 0 radical (unpaired) electrons. The summed E-state index contributed by atoms with van der Waals surface area (Å²) < 4.78 is 5.46. The van der Waals surface area contributed by atoms with E-state index in [0.717, 1.165) is 19.4 Å². The molecule has 0 aromatic heterocycles. The summed E-state index contributed by atoms with van der Waals surface area (Å²) in [6, 6.07) is 0. The van der Waals surface area contributed by atoms with E-state index in [1.807, 2.05) is 6.92 Å². The summed E-state index contributed by atoms with van der Waals surface area (Å²) >= 11 is 0. The number of amides is 1. The van der Waals surface area contributed by atoms with Crippen LogP contribution in [0.4, 0.5) is 0 Å². The fourth-order valence-corrected chi connectivity index (χ4v) is 1.82. The second-order valence-electron chi connectivity index (χ2n) is 3.74. The van der Waals surface area contributed by atoms with Crippen LogP contribution in [0, 0.1) is 5.92 Å².